The highest BCUT2D eigenvalue weighted by molar-refractivity contribution is 5.75. The van der Waals surface area contributed by atoms with Gasteiger partial charge in [0.2, 0.25) is 0 Å². The van der Waals surface area contributed by atoms with Crippen LogP contribution in [0.2, 0.25) is 0 Å². The zero-order valence-corrected chi connectivity index (χ0v) is 11.4. The van der Waals surface area contributed by atoms with Crippen molar-refractivity contribution in [3.8, 4) is 0 Å². The number of carboxylic acids is 1. The quantitative estimate of drug-likeness (QED) is 0.447. The summed E-state index contributed by atoms with van der Waals surface area (Å²) in [5, 5.41) is 39.4. The van der Waals surface area contributed by atoms with Crippen LogP contribution in [-0.4, -0.2) is 51.8 Å². The van der Waals surface area contributed by atoms with Crippen molar-refractivity contribution in [3.63, 3.8) is 0 Å². The van der Waals surface area contributed by atoms with Crippen molar-refractivity contribution in [3.05, 3.63) is 35.4 Å². The van der Waals surface area contributed by atoms with E-state index in [9.17, 15) is 20.1 Å². The molecule has 0 saturated carbocycles. The van der Waals surface area contributed by atoms with Crippen LogP contribution < -0.4 is 5.32 Å². The lowest BCUT2D eigenvalue weighted by atomic mass is 9.99. The molecule has 0 heterocycles. The van der Waals surface area contributed by atoms with E-state index in [2.05, 4.69) is 5.32 Å². The standard InChI is InChI=1S/C14H21NO5/c1-10(13(19)20)12-4-2-11(3-5-12)6-15-14(7-16,8-17)9-18/h2-5,10,15-18H,6-9H2,1H3,(H,19,20). The lowest BCUT2D eigenvalue weighted by Gasteiger charge is -2.28. The highest BCUT2D eigenvalue weighted by atomic mass is 16.4. The molecule has 0 saturated heterocycles. The first-order valence-corrected chi connectivity index (χ1v) is 6.37. The Kier molecular flexibility index (Phi) is 6.09. The van der Waals surface area contributed by atoms with Crippen LogP contribution in [0.25, 0.3) is 0 Å². The van der Waals surface area contributed by atoms with Gasteiger partial charge in [-0.3, -0.25) is 4.79 Å². The molecule has 0 aliphatic rings. The van der Waals surface area contributed by atoms with Gasteiger partial charge in [0.1, 0.15) is 0 Å². The van der Waals surface area contributed by atoms with Crippen LogP contribution in [0.4, 0.5) is 0 Å². The summed E-state index contributed by atoms with van der Waals surface area (Å²) < 4.78 is 0. The number of carbonyl (C=O) groups is 1. The normalized spacial score (nSPS) is 13.2. The van der Waals surface area contributed by atoms with E-state index in [0.29, 0.717) is 12.1 Å². The van der Waals surface area contributed by atoms with Crippen molar-refractivity contribution >= 4 is 5.97 Å². The number of rotatable bonds is 8. The summed E-state index contributed by atoms with van der Waals surface area (Å²) in [5.74, 6) is -1.45. The Balaban J connectivity index is 2.68. The van der Waals surface area contributed by atoms with Crippen molar-refractivity contribution in [2.45, 2.75) is 24.9 Å². The van der Waals surface area contributed by atoms with Crippen molar-refractivity contribution in [1.29, 1.82) is 0 Å². The van der Waals surface area contributed by atoms with Gasteiger partial charge in [0.05, 0.1) is 31.3 Å². The first kappa shape index (κ1) is 16.6. The van der Waals surface area contributed by atoms with E-state index >= 15 is 0 Å². The Bertz CT molecular complexity index is 419. The zero-order valence-electron chi connectivity index (χ0n) is 11.4. The molecule has 6 heteroatoms. The minimum absolute atomic E-state index is 0.351. The van der Waals surface area contributed by atoms with Gasteiger partial charge in [-0.2, -0.15) is 0 Å². The monoisotopic (exact) mass is 283 g/mol. The van der Waals surface area contributed by atoms with E-state index < -0.39 is 17.4 Å². The molecule has 0 radical (unpaired) electrons. The Morgan fingerprint density at radius 2 is 1.65 bits per heavy atom. The molecule has 5 N–H and O–H groups in total. The summed E-state index contributed by atoms with van der Waals surface area (Å²) in [6.07, 6.45) is 0. The molecule has 112 valence electrons. The number of aliphatic hydroxyl groups excluding tert-OH is 3. The van der Waals surface area contributed by atoms with Crippen LogP contribution in [0.5, 0.6) is 0 Å². The predicted octanol–water partition coefficient (Wildman–Crippen LogP) is -0.320. The largest absolute Gasteiger partial charge is 0.481 e. The number of nitrogens with one attached hydrogen (secondary N) is 1. The molecule has 0 spiro atoms. The Morgan fingerprint density at radius 3 is 2.05 bits per heavy atom. The van der Waals surface area contributed by atoms with Gasteiger partial charge in [-0.25, -0.2) is 0 Å². The number of aliphatic hydroxyl groups is 3. The maximum Gasteiger partial charge on any atom is 0.310 e. The molecule has 0 aliphatic heterocycles. The third-order valence-corrected chi connectivity index (χ3v) is 3.43. The van der Waals surface area contributed by atoms with E-state index in [1.165, 1.54) is 0 Å². The molecule has 6 nitrogen and oxygen atoms in total. The first-order chi connectivity index (χ1) is 9.48. The maximum atomic E-state index is 10.9. The van der Waals surface area contributed by atoms with E-state index in [-0.39, 0.29) is 19.8 Å². The summed E-state index contributed by atoms with van der Waals surface area (Å²) in [6, 6.07) is 7.01. The number of hydrogen-bond donors (Lipinski definition) is 5. The highest BCUT2D eigenvalue weighted by Gasteiger charge is 2.27. The molecule has 1 aromatic rings. The minimum atomic E-state index is -1.12. The molecule has 0 fully saturated rings. The molecule has 1 rings (SSSR count). The molecular weight excluding hydrogens is 262 g/mol. The fourth-order valence-electron chi connectivity index (χ4n) is 1.67. The molecule has 1 aromatic carbocycles. The number of aliphatic carboxylic acids is 1. The van der Waals surface area contributed by atoms with Crippen molar-refractivity contribution in [2.24, 2.45) is 0 Å². The van der Waals surface area contributed by atoms with Gasteiger partial charge in [0.25, 0.3) is 0 Å². The number of hydrogen-bond acceptors (Lipinski definition) is 5. The van der Waals surface area contributed by atoms with E-state index in [1.807, 2.05) is 0 Å². The van der Waals surface area contributed by atoms with Crippen LogP contribution in [0.3, 0.4) is 0 Å². The molecule has 1 atom stereocenters. The van der Waals surface area contributed by atoms with Gasteiger partial charge >= 0.3 is 5.97 Å². The molecular formula is C14H21NO5. The summed E-state index contributed by atoms with van der Waals surface area (Å²) in [5.41, 5.74) is 0.456. The van der Waals surface area contributed by atoms with Crippen LogP contribution in [0.15, 0.2) is 24.3 Å². The smallest absolute Gasteiger partial charge is 0.310 e. The summed E-state index contributed by atoms with van der Waals surface area (Å²) >= 11 is 0. The highest BCUT2D eigenvalue weighted by Crippen LogP contribution is 2.16. The molecule has 1 unspecified atom stereocenters. The Hall–Kier alpha value is -1.47. The van der Waals surface area contributed by atoms with Crippen molar-refractivity contribution < 1.29 is 25.2 Å². The fraction of sp³-hybridized carbons (Fsp3) is 0.500. The Labute approximate surface area is 117 Å². The van der Waals surface area contributed by atoms with Gasteiger partial charge in [-0.1, -0.05) is 24.3 Å². The van der Waals surface area contributed by atoms with E-state index in [0.717, 1.165) is 5.56 Å². The van der Waals surface area contributed by atoms with Crippen molar-refractivity contribution in [1.82, 2.24) is 5.32 Å². The summed E-state index contributed by atoms with van der Waals surface area (Å²) in [7, 11) is 0. The number of benzene rings is 1. The van der Waals surface area contributed by atoms with Crippen LogP contribution in [-0.2, 0) is 11.3 Å². The van der Waals surface area contributed by atoms with Gasteiger partial charge in [-0.15, -0.1) is 0 Å². The maximum absolute atomic E-state index is 10.9. The van der Waals surface area contributed by atoms with Crippen LogP contribution >= 0.6 is 0 Å². The van der Waals surface area contributed by atoms with Gasteiger partial charge in [0, 0.05) is 6.54 Å². The molecule has 0 aliphatic carbocycles. The van der Waals surface area contributed by atoms with E-state index in [4.69, 9.17) is 5.11 Å². The van der Waals surface area contributed by atoms with Crippen LogP contribution in [0.1, 0.15) is 24.0 Å². The zero-order chi connectivity index (χ0) is 15.2. The fourth-order valence-corrected chi connectivity index (χ4v) is 1.67. The summed E-state index contributed by atoms with van der Waals surface area (Å²) in [6.45, 7) is 0.823. The third kappa shape index (κ3) is 4.01. The topological polar surface area (TPSA) is 110 Å². The molecule has 0 aromatic heterocycles. The minimum Gasteiger partial charge on any atom is -0.481 e. The molecule has 20 heavy (non-hydrogen) atoms. The summed E-state index contributed by atoms with van der Waals surface area (Å²) in [4.78, 5) is 10.9. The van der Waals surface area contributed by atoms with Gasteiger partial charge in [0.15, 0.2) is 0 Å². The van der Waals surface area contributed by atoms with Crippen molar-refractivity contribution in [2.75, 3.05) is 19.8 Å². The SMILES string of the molecule is CC(C(=O)O)c1ccc(CNC(CO)(CO)CO)cc1. The lowest BCUT2D eigenvalue weighted by Crippen LogP contribution is -2.54. The average Bonchev–Trinajstić information content (AvgIpc) is 2.49. The predicted molar refractivity (Wildman–Crippen MR) is 73.3 cm³/mol. The first-order valence-electron chi connectivity index (χ1n) is 6.37. The number of carboxylic acid groups (broad SMARTS) is 1. The molecule has 0 bridgehead atoms. The average molecular weight is 283 g/mol. The second kappa shape index (κ2) is 7.35. The van der Waals surface area contributed by atoms with Gasteiger partial charge < -0.3 is 25.7 Å². The molecule has 0 amide bonds. The van der Waals surface area contributed by atoms with Crippen LogP contribution in [0, 0.1) is 0 Å². The Morgan fingerprint density at radius 1 is 1.15 bits per heavy atom. The van der Waals surface area contributed by atoms with E-state index in [1.54, 1.807) is 31.2 Å². The second-order valence-corrected chi connectivity index (χ2v) is 4.91. The lowest BCUT2D eigenvalue weighted by molar-refractivity contribution is -0.138. The third-order valence-electron chi connectivity index (χ3n) is 3.43. The second-order valence-electron chi connectivity index (χ2n) is 4.91. The van der Waals surface area contributed by atoms with Gasteiger partial charge in [-0.05, 0) is 18.1 Å².